The second-order valence-corrected chi connectivity index (χ2v) is 4.46. The molecule has 0 saturated heterocycles. The molecule has 4 nitrogen and oxygen atoms in total. The summed E-state index contributed by atoms with van der Waals surface area (Å²) in [6, 6.07) is 5.75. The molecular formula is C15H22O4. The van der Waals surface area contributed by atoms with Crippen molar-refractivity contribution in [3.05, 3.63) is 23.8 Å². The normalized spacial score (nSPS) is 10.4. The van der Waals surface area contributed by atoms with Gasteiger partial charge >= 0.3 is 5.97 Å². The summed E-state index contributed by atoms with van der Waals surface area (Å²) in [5, 5.41) is 0. The van der Waals surface area contributed by atoms with Crippen LogP contribution in [0.2, 0.25) is 0 Å². The lowest BCUT2D eigenvalue weighted by molar-refractivity contribution is -0.140. The third-order valence-electron chi connectivity index (χ3n) is 2.52. The fourth-order valence-electron chi connectivity index (χ4n) is 1.68. The predicted octanol–water partition coefficient (Wildman–Crippen LogP) is 2.98. The van der Waals surface area contributed by atoms with E-state index in [4.69, 9.17) is 9.47 Å². The molecule has 0 radical (unpaired) electrons. The molecule has 1 rings (SSSR count). The van der Waals surface area contributed by atoms with E-state index in [1.54, 1.807) is 0 Å². The zero-order valence-electron chi connectivity index (χ0n) is 12.1. The summed E-state index contributed by atoms with van der Waals surface area (Å²) in [4.78, 5) is 11.1. The molecule has 0 N–H and O–H groups in total. The monoisotopic (exact) mass is 266 g/mol. The quantitative estimate of drug-likeness (QED) is 0.712. The van der Waals surface area contributed by atoms with Crippen molar-refractivity contribution < 1.29 is 19.0 Å². The predicted molar refractivity (Wildman–Crippen MR) is 73.7 cm³/mol. The van der Waals surface area contributed by atoms with E-state index in [0.717, 1.165) is 17.1 Å². The Kier molecular flexibility index (Phi) is 6.19. The number of rotatable bonds is 7. The van der Waals surface area contributed by atoms with Crippen LogP contribution < -0.4 is 9.47 Å². The molecular weight excluding hydrogens is 244 g/mol. The van der Waals surface area contributed by atoms with E-state index in [0.29, 0.717) is 19.4 Å². The van der Waals surface area contributed by atoms with Crippen LogP contribution in [-0.4, -0.2) is 25.8 Å². The number of ether oxygens (including phenoxy) is 3. The van der Waals surface area contributed by atoms with Crippen LogP contribution in [0, 0.1) is 0 Å². The van der Waals surface area contributed by atoms with E-state index in [1.807, 2.05) is 39.0 Å². The summed E-state index contributed by atoms with van der Waals surface area (Å²) < 4.78 is 15.9. The maximum atomic E-state index is 11.1. The highest BCUT2D eigenvalue weighted by Gasteiger charge is 2.09. The highest BCUT2D eigenvalue weighted by atomic mass is 16.5. The van der Waals surface area contributed by atoms with Crippen LogP contribution >= 0.6 is 0 Å². The van der Waals surface area contributed by atoms with Crippen LogP contribution in [0.25, 0.3) is 0 Å². The van der Waals surface area contributed by atoms with Crippen molar-refractivity contribution in [3.63, 3.8) is 0 Å². The van der Waals surface area contributed by atoms with E-state index < -0.39 is 0 Å². The van der Waals surface area contributed by atoms with Crippen molar-refractivity contribution in [2.24, 2.45) is 0 Å². The van der Waals surface area contributed by atoms with Gasteiger partial charge in [-0.25, -0.2) is 0 Å². The van der Waals surface area contributed by atoms with Crippen LogP contribution in [0.1, 0.15) is 32.8 Å². The number of carbonyl (C=O) groups is 1. The Morgan fingerprint density at radius 3 is 2.58 bits per heavy atom. The summed E-state index contributed by atoms with van der Waals surface area (Å²) in [5.41, 5.74) is 1.03. The van der Waals surface area contributed by atoms with Crippen molar-refractivity contribution in [2.75, 3.05) is 13.7 Å². The highest BCUT2D eigenvalue weighted by Crippen LogP contribution is 2.29. The van der Waals surface area contributed by atoms with Gasteiger partial charge < -0.3 is 14.2 Å². The molecule has 4 heteroatoms. The summed E-state index contributed by atoms with van der Waals surface area (Å²) >= 11 is 0. The van der Waals surface area contributed by atoms with E-state index in [1.165, 1.54) is 7.11 Å². The van der Waals surface area contributed by atoms with Gasteiger partial charge in [-0.15, -0.1) is 0 Å². The van der Waals surface area contributed by atoms with Crippen molar-refractivity contribution in [3.8, 4) is 11.5 Å². The van der Waals surface area contributed by atoms with E-state index in [9.17, 15) is 4.79 Å². The first kappa shape index (κ1) is 15.3. The third-order valence-corrected chi connectivity index (χ3v) is 2.52. The Morgan fingerprint density at radius 1 is 1.26 bits per heavy atom. The average Bonchev–Trinajstić information content (AvgIpc) is 2.38. The van der Waals surface area contributed by atoms with Crippen LogP contribution in [0.3, 0.4) is 0 Å². The minimum atomic E-state index is -0.208. The molecule has 0 aliphatic rings. The first-order valence-electron chi connectivity index (χ1n) is 6.56. The van der Waals surface area contributed by atoms with Crippen molar-refractivity contribution in [2.45, 2.75) is 39.7 Å². The molecule has 0 bridgehead atoms. The van der Waals surface area contributed by atoms with Gasteiger partial charge in [-0.1, -0.05) is 6.07 Å². The van der Waals surface area contributed by atoms with Gasteiger partial charge in [-0.3, -0.25) is 4.79 Å². The maximum absolute atomic E-state index is 11.1. The topological polar surface area (TPSA) is 44.8 Å². The number of hydrogen-bond acceptors (Lipinski definition) is 4. The minimum Gasteiger partial charge on any atom is -0.490 e. The molecule has 1 aromatic carbocycles. The van der Waals surface area contributed by atoms with Crippen LogP contribution in [0.5, 0.6) is 11.5 Å². The van der Waals surface area contributed by atoms with Crippen molar-refractivity contribution in [1.29, 1.82) is 0 Å². The molecule has 0 atom stereocenters. The Morgan fingerprint density at radius 2 is 2.00 bits per heavy atom. The first-order valence-corrected chi connectivity index (χ1v) is 6.56. The number of aryl methyl sites for hydroxylation is 1. The number of methoxy groups -OCH3 is 1. The fourth-order valence-corrected chi connectivity index (χ4v) is 1.68. The Bertz CT molecular complexity index is 413. The zero-order valence-corrected chi connectivity index (χ0v) is 12.1. The lowest BCUT2D eigenvalue weighted by Crippen LogP contribution is -2.08. The SMILES string of the molecule is CCOc1cc(CCC(=O)OC)ccc1OC(C)C. The molecule has 19 heavy (non-hydrogen) atoms. The largest absolute Gasteiger partial charge is 0.490 e. The van der Waals surface area contributed by atoms with Gasteiger partial charge in [0.2, 0.25) is 0 Å². The molecule has 0 aliphatic heterocycles. The Balaban J connectivity index is 2.79. The lowest BCUT2D eigenvalue weighted by Gasteiger charge is -2.15. The number of hydrogen-bond donors (Lipinski definition) is 0. The molecule has 0 aliphatic carbocycles. The van der Waals surface area contributed by atoms with Gasteiger partial charge in [0.05, 0.1) is 19.8 Å². The van der Waals surface area contributed by atoms with Gasteiger partial charge in [0.15, 0.2) is 11.5 Å². The second kappa shape index (κ2) is 7.67. The maximum Gasteiger partial charge on any atom is 0.305 e. The highest BCUT2D eigenvalue weighted by molar-refractivity contribution is 5.69. The van der Waals surface area contributed by atoms with Crippen molar-refractivity contribution in [1.82, 2.24) is 0 Å². The molecule has 1 aromatic rings. The molecule has 0 saturated carbocycles. The van der Waals surface area contributed by atoms with Gasteiger partial charge in [0.25, 0.3) is 0 Å². The second-order valence-electron chi connectivity index (χ2n) is 4.46. The average molecular weight is 266 g/mol. The molecule has 0 amide bonds. The van der Waals surface area contributed by atoms with Gasteiger partial charge in [-0.2, -0.15) is 0 Å². The zero-order chi connectivity index (χ0) is 14.3. The van der Waals surface area contributed by atoms with Gasteiger partial charge in [0.1, 0.15) is 0 Å². The minimum absolute atomic E-state index is 0.0973. The first-order chi connectivity index (χ1) is 9.06. The van der Waals surface area contributed by atoms with E-state index >= 15 is 0 Å². The van der Waals surface area contributed by atoms with Crippen molar-refractivity contribution >= 4 is 5.97 Å². The fraction of sp³-hybridized carbons (Fsp3) is 0.533. The molecule has 0 spiro atoms. The standard InChI is InChI=1S/C15H22O4/c1-5-18-14-10-12(7-9-15(16)17-4)6-8-13(14)19-11(2)3/h6,8,10-11H,5,7,9H2,1-4H3. The smallest absolute Gasteiger partial charge is 0.305 e. The summed E-state index contributed by atoms with van der Waals surface area (Å²) in [6.45, 7) is 6.46. The molecule has 106 valence electrons. The van der Waals surface area contributed by atoms with Crippen LogP contribution in [0.15, 0.2) is 18.2 Å². The number of esters is 1. The van der Waals surface area contributed by atoms with Gasteiger partial charge in [-0.05, 0) is 44.9 Å². The molecule has 0 fully saturated rings. The Labute approximate surface area is 114 Å². The molecule has 0 heterocycles. The summed E-state index contributed by atoms with van der Waals surface area (Å²) in [5.74, 6) is 1.25. The third kappa shape index (κ3) is 5.20. The Hall–Kier alpha value is -1.71. The lowest BCUT2D eigenvalue weighted by atomic mass is 10.1. The van der Waals surface area contributed by atoms with E-state index in [-0.39, 0.29) is 12.1 Å². The number of benzene rings is 1. The molecule has 0 unspecified atom stereocenters. The van der Waals surface area contributed by atoms with Crippen LogP contribution in [-0.2, 0) is 16.0 Å². The van der Waals surface area contributed by atoms with E-state index in [2.05, 4.69) is 4.74 Å². The number of carbonyl (C=O) groups excluding carboxylic acids is 1. The van der Waals surface area contributed by atoms with Crippen LogP contribution in [0.4, 0.5) is 0 Å². The summed E-state index contributed by atoms with van der Waals surface area (Å²) in [6.07, 6.45) is 1.10. The van der Waals surface area contributed by atoms with Gasteiger partial charge in [0, 0.05) is 6.42 Å². The summed E-state index contributed by atoms with van der Waals surface area (Å²) in [7, 11) is 1.40. The molecule has 0 aromatic heterocycles.